The zero-order valence-electron chi connectivity index (χ0n) is 12.9. The van der Waals surface area contributed by atoms with Gasteiger partial charge in [0.05, 0.1) is 26.9 Å². The van der Waals surface area contributed by atoms with E-state index in [-0.39, 0.29) is 12.3 Å². The number of carbonyl (C=O) groups excluding carboxylic acids is 1. The quantitative estimate of drug-likeness (QED) is 0.622. The fourth-order valence-electron chi connectivity index (χ4n) is 1.95. The van der Waals surface area contributed by atoms with E-state index in [9.17, 15) is 4.79 Å². The lowest BCUT2D eigenvalue weighted by atomic mass is 10.1. The molecule has 0 fully saturated rings. The van der Waals surface area contributed by atoms with Crippen LogP contribution >= 0.6 is 15.9 Å². The van der Waals surface area contributed by atoms with E-state index in [1.54, 1.807) is 20.4 Å². The van der Waals surface area contributed by atoms with E-state index in [2.05, 4.69) is 26.5 Å². The van der Waals surface area contributed by atoms with Crippen LogP contribution in [0, 0.1) is 0 Å². The van der Waals surface area contributed by atoms with Gasteiger partial charge in [-0.05, 0) is 35.9 Å². The van der Waals surface area contributed by atoms with Crippen molar-refractivity contribution < 1.29 is 14.3 Å². The Hall–Kier alpha value is -2.34. The summed E-state index contributed by atoms with van der Waals surface area (Å²) in [6.45, 7) is 0. The Morgan fingerprint density at radius 2 is 1.91 bits per heavy atom. The Bertz CT molecular complexity index is 699. The molecular formula is C17H17BrN2O3. The molecule has 0 heterocycles. The second kappa shape index (κ2) is 8.33. The fourth-order valence-corrected chi connectivity index (χ4v) is 2.33. The Kier molecular flexibility index (Phi) is 6.17. The van der Waals surface area contributed by atoms with Crippen LogP contribution in [0.15, 0.2) is 52.0 Å². The SMILES string of the molecule is COc1ccc(CC(=O)N/N=C/c2cc(Br)ccc2OC)cc1. The smallest absolute Gasteiger partial charge is 0.244 e. The van der Waals surface area contributed by atoms with E-state index in [1.165, 1.54) is 0 Å². The molecular weight excluding hydrogens is 360 g/mol. The van der Waals surface area contributed by atoms with E-state index in [1.807, 2.05) is 42.5 Å². The van der Waals surface area contributed by atoms with Gasteiger partial charge in [0.1, 0.15) is 11.5 Å². The van der Waals surface area contributed by atoms with Gasteiger partial charge in [0.15, 0.2) is 0 Å². The normalized spacial score (nSPS) is 10.6. The summed E-state index contributed by atoms with van der Waals surface area (Å²) in [5.41, 5.74) is 4.16. The van der Waals surface area contributed by atoms with Gasteiger partial charge in [-0.1, -0.05) is 28.1 Å². The maximum absolute atomic E-state index is 11.9. The fraction of sp³-hybridized carbons (Fsp3) is 0.176. The molecule has 0 aliphatic rings. The van der Waals surface area contributed by atoms with Crippen LogP contribution in [0.25, 0.3) is 0 Å². The van der Waals surface area contributed by atoms with Crippen LogP contribution < -0.4 is 14.9 Å². The summed E-state index contributed by atoms with van der Waals surface area (Å²) in [6, 6.07) is 12.9. The van der Waals surface area contributed by atoms with Gasteiger partial charge < -0.3 is 9.47 Å². The molecule has 6 heteroatoms. The number of nitrogens with zero attached hydrogens (tertiary/aromatic N) is 1. The summed E-state index contributed by atoms with van der Waals surface area (Å²) >= 11 is 3.39. The molecule has 0 atom stereocenters. The van der Waals surface area contributed by atoms with Crippen molar-refractivity contribution in [1.82, 2.24) is 5.43 Å². The number of benzene rings is 2. The molecule has 1 amide bonds. The maximum atomic E-state index is 11.9. The maximum Gasteiger partial charge on any atom is 0.244 e. The molecule has 0 radical (unpaired) electrons. The minimum atomic E-state index is -0.194. The molecule has 0 aliphatic carbocycles. The van der Waals surface area contributed by atoms with E-state index < -0.39 is 0 Å². The second-order valence-electron chi connectivity index (χ2n) is 4.70. The lowest BCUT2D eigenvalue weighted by Gasteiger charge is -2.05. The largest absolute Gasteiger partial charge is 0.497 e. The first kappa shape index (κ1) is 17.0. The molecule has 120 valence electrons. The molecule has 0 aliphatic heterocycles. The van der Waals surface area contributed by atoms with Crippen LogP contribution in [0.4, 0.5) is 0 Å². The molecule has 0 saturated carbocycles. The van der Waals surface area contributed by atoms with Crippen LogP contribution in [0.5, 0.6) is 11.5 Å². The number of halogens is 1. The topological polar surface area (TPSA) is 59.9 Å². The van der Waals surface area contributed by atoms with Crippen molar-refractivity contribution in [2.45, 2.75) is 6.42 Å². The minimum absolute atomic E-state index is 0.194. The molecule has 0 bridgehead atoms. The number of hydrogen-bond donors (Lipinski definition) is 1. The zero-order valence-corrected chi connectivity index (χ0v) is 14.5. The minimum Gasteiger partial charge on any atom is -0.497 e. The van der Waals surface area contributed by atoms with E-state index in [4.69, 9.17) is 9.47 Å². The molecule has 1 N–H and O–H groups in total. The number of amides is 1. The average Bonchev–Trinajstić information content (AvgIpc) is 2.56. The average molecular weight is 377 g/mol. The lowest BCUT2D eigenvalue weighted by Crippen LogP contribution is -2.19. The first-order valence-corrected chi connectivity index (χ1v) is 7.70. The summed E-state index contributed by atoms with van der Waals surface area (Å²) in [6.07, 6.45) is 1.80. The van der Waals surface area contributed by atoms with Gasteiger partial charge in [-0.25, -0.2) is 5.43 Å². The van der Waals surface area contributed by atoms with Crippen molar-refractivity contribution in [3.05, 3.63) is 58.1 Å². The van der Waals surface area contributed by atoms with Crippen molar-refractivity contribution >= 4 is 28.1 Å². The number of hydrogen-bond acceptors (Lipinski definition) is 4. The van der Waals surface area contributed by atoms with Crippen LogP contribution in [0.2, 0.25) is 0 Å². The molecule has 0 aromatic heterocycles. The number of carbonyl (C=O) groups is 1. The first-order valence-electron chi connectivity index (χ1n) is 6.90. The number of nitrogens with one attached hydrogen (secondary N) is 1. The third-order valence-electron chi connectivity index (χ3n) is 3.11. The first-order chi connectivity index (χ1) is 11.1. The van der Waals surface area contributed by atoms with Crippen molar-refractivity contribution in [3.8, 4) is 11.5 Å². The van der Waals surface area contributed by atoms with Crippen molar-refractivity contribution in [2.24, 2.45) is 5.10 Å². The van der Waals surface area contributed by atoms with Gasteiger partial charge in [-0.2, -0.15) is 5.10 Å². The van der Waals surface area contributed by atoms with Crippen LogP contribution in [-0.2, 0) is 11.2 Å². The molecule has 0 saturated heterocycles. The van der Waals surface area contributed by atoms with E-state index >= 15 is 0 Å². The summed E-state index contributed by atoms with van der Waals surface area (Å²) in [5.74, 6) is 1.25. The Morgan fingerprint density at radius 1 is 1.17 bits per heavy atom. The van der Waals surface area contributed by atoms with Gasteiger partial charge in [-0.15, -0.1) is 0 Å². The van der Waals surface area contributed by atoms with Crippen LogP contribution in [0.3, 0.4) is 0 Å². The molecule has 5 nitrogen and oxygen atoms in total. The highest BCUT2D eigenvalue weighted by molar-refractivity contribution is 9.10. The highest BCUT2D eigenvalue weighted by atomic mass is 79.9. The standard InChI is InChI=1S/C17H17BrN2O3/c1-22-15-6-3-12(4-7-15)9-17(21)20-19-11-13-10-14(18)5-8-16(13)23-2/h3-8,10-11H,9H2,1-2H3,(H,20,21)/b19-11+. The van der Waals surface area contributed by atoms with Crippen molar-refractivity contribution in [3.63, 3.8) is 0 Å². The molecule has 0 spiro atoms. The van der Waals surface area contributed by atoms with E-state index in [0.29, 0.717) is 5.75 Å². The number of hydrazone groups is 1. The predicted molar refractivity (Wildman–Crippen MR) is 93.1 cm³/mol. The summed E-state index contributed by atoms with van der Waals surface area (Å²) in [5, 5.41) is 3.97. The molecule has 23 heavy (non-hydrogen) atoms. The van der Waals surface area contributed by atoms with Crippen molar-refractivity contribution in [2.75, 3.05) is 14.2 Å². The summed E-state index contributed by atoms with van der Waals surface area (Å²) < 4.78 is 11.2. The Morgan fingerprint density at radius 3 is 2.57 bits per heavy atom. The lowest BCUT2D eigenvalue weighted by molar-refractivity contribution is -0.120. The van der Waals surface area contributed by atoms with Crippen LogP contribution in [0.1, 0.15) is 11.1 Å². The van der Waals surface area contributed by atoms with Gasteiger partial charge >= 0.3 is 0 Å². The Labute approximate surface area is 143 Å². The third-order valence-corrected chi connectivity index (χ3v) is 3.60. The zero-order chi connectivity index (χ0) is 16.7. The Balaban J connectivity index is 1.94. The van der Waals surface area contributed by atoms with Gasteiger partial charge in [0.25, 0.3) is 0 Å². The number of methoxy groups -OCH3 is 2. The number of ether oxygens (including phenoxy) is 2. The highest BCUT2D eigenvalue weighted by Crippen LogP contribution is 2.21. The molecule has 2 aromatic rings. The third kappa shape index (κ3) is 5.10. The van der Waals surface area contributed by atoms with Gasteiger partial charge in [0, 0.05) is 10.0 Å². The molecule has 2 rings (SSSR count). The monoisotopic (exact) mass is 376 g/mol. The van der Waals surface area contributed by atoms with Crippen molar-refractivity contribution in [1.29, 1.82) is 0 Å². The van der Waals surface area contributed by atoms with Gasteiger partial charge in [0.2, 0.25) is 5.91 Å². The molecule has 0 unspecified atom stereocenters. The predicted octanol–water partition coefficient (Wildman–Crippen LogP) is 3.16. The van der Waals surface area contributed by atoms with Gasteiger partial charge in [-0.3, -0.25) is 4.79 Å². The highest BCUT2D eigenvalue weighted by Gasteiger charge is 2.04. The van der Waals surface area contributed by atoms with E-state index in [0.717, 1.165) is 21.3 Å². The second-order valence-corrected chi connectivity index (χ2v) is 5.62. The molecule has 2 aromatic carbocycles. The summed E-state index contributed by atoms with van der Waals surface area (Å²) in [7, 11) is 3.19. The number of rotatable bonds is 6. The van der Waals surface area contributed by atoms with Crippen LogP contribution in [-0.4, -0.2) is 26.3 Å². The summed E-state index contributed by atoms with van der Waals surface area (Å²) in [4.78, 5) is 11.9.